The molecule has 90 valence electrons. The minimum Gasteiger partial charge on any atom is -0.478 e. The van der Waals surface area contributed by atoms with E-state index in [9.17, 15) is 4.79 Å². The Kier molecular flexibility index (Phi) is 3.62. The third kappa shape index (κ3) is 3.19. The van der Waals surface area contributed by atoms with Crippen LogP contribution in [0.25, 0.3) is 0 Å². The molecule has 1 aromatic rings. The lowest BCUT2D eigenvalue weighted by Gasteiger charge is -2.12. The highest BCUT2D eigenvalue weighted by atomic mass is 16.4. The zero-order valence-corrected chi connectivity index (χ0v) is 10.1. The third-order valence-electron chi connectivity index (χ3n) is 3.42. The lowest BCUT2D eigenvalue weighted by atomic mass is 9.93. The molecule has 0 aromatic heterocycles. The number of aryl methyl sites for hydroxylation is 1. The standard InChI is InChI=1S/C15H18O2/c1-11-4-2-5-12(8-11)9-13-6-3-7-14(13)10-15(16)17/h2,4-5,8,10,13H,3,6-7,9H2,1H3,(H,16,17)/b14-10+. The number of hydrogen-bond donors (Lipinski definition) is 1. The summed E-state index contributed by atoms with van der Waals surface area (Å²) in [6, 6.07) is 8.48. The summed E-state index contributed by atoms with van der Waals surface area (Å²) in [5.74, 6) is -0.385. The number of rotatable bonds is 3. The first-order valence-corrected chi connectivity index (χ1v) is 6.14. The number of hydrogen-bond acceptors (Lipinski definition) is 1. The van der Waals surface area contributed by atoms with Crippen LogP contribution in [-0.4, -0.2) is 11.1 Å². The fourth-order valence-corrected chi connectivity index (χ4v) is 2.65. The number of benzene rings is 1. The van der Waals surface area contributed by atoms with Gasteiger partial charge in [-0.2, -0.15) is 0 Å². The number of carboxylic acids is 1. The van der Waals surface area contributed by atoms with Crippen molar-refractivity contribution in [2.75, 3.05) is 0 Å². The molecule has 1 aliphatic rings. The first kappa shape index (κ1) is 11.9. The van der Waals surface area contributed by atoms with E-state index in [2.05, 4.69) is 31.2 Å². The minimum atomic E-state index is -0.809. The highest BCUT2D eigenvalue weighted by Crippen LogP contribution is 2.33. The summed E-state index contributed by atoms with van der Waals surface area (Å²) in [6.45, 7) is 2.09. The molecule has 1 atom stereocenters. The molecule has 1 N–H and O–H groups in total. The molecule has 1 fully saturated rings. The van der Waals surface area contributed by atoms with Crippen LogP contribution in [0.3, 0.4) is 0 Å². The summed E-state index contributed by atoms with van der Waals surface area (Å²) in [4.78, 5) is 10.7. The number of carbonyl (C=O) groups is 1. The van der Waals surface area contributed by atoms with Crippen LogP contribution < -0.4 is 0 Å². The summed E-state index contributed by atoms with van der Waals surface area (Å²) in [5, 5.41) is 8.83. The highest BCUT2D eigenvalue weighted by Gasteiger charge is 2.21. The SMILES string of the molecule is Cc1cccc(CC2CCC/C2=C\C(=O)O)c1. The van der Waals surface area contributed by atoms with Crippen molar-refractivity contribution in [3.05, 3.63) is 47.0 Å². The van der Waals surface area contributed by atoms with Crippen LogP contribution in [0.4, 0.5) is 0 Å². The average Bonchev–Trinajstić information content (AvgIpc) is 2.65. The molecule has 0 saturated heterocycles. The van der Waals surface area contributed by atoms with Crippen molar-refractivity contribution >= 4 is 5.97 Å². The molecule has 0 radical (unpaired) electrons. The first-order chi connectivity index (χ1) is 8.15. The molecule has 0 aliphatic heterocycles. The van der Waals surface area contributed by atoms with Crippen LogP contribution in [0.15, 0.2) is 35.9 Å². The molecule has 0 amide bonds. The maximum atomic E-state index is 10.7. The summed E-state index contributed by atoms with van der Waals surface area (Å²) in [7, 11) is 0. The van der Waals surface area contributed by atoms with Crippen LogP contribution in [0.1, 0.15) is 30.4 Å². The van der Waals surface area contributed by atoms with Gasteiger partial charge in [-0.05, 0) is 44.1 Å². The number of aliphatic carboxylic acids is 1. The molecule has 2 heteroatoms. The third-order valence-corrected chi connectivity index (χ3v) is 3.42. The van der Waals surface area contributed by atoms with Crippen molar-refractivity contribution in [1.29, 1.82) is 0 Å². The number of carboxylic acid groups (broad SMARTS) is 1. The van der Waals surface area contributed by atoms with E-state index in [1.807, 2.05) is 0 Å². The van der Waals surface area contributed by atoms with Crippen molar-refractivity contribution < 1.29 is 9.90 Å². The second kappa shape index (κ2) is 5.17. The van der Waals surface area contributed by atoms with E-state index in [4.69, 9.17) is 5.11 Å². The monoisotopic (exact) mass is 230 g/mol. The van der Waals surface area contributed by atoms with Crippen molar-refractivity contribution in [2.24, 2.45) is 5.92 Å². The lowest BCUT2D eigenvalue weighted by molar-refractivity contribution is -0.131. The maximum Gasteiger partial charge on any atom is 0.328 e. The molecule has 2 rings (SSSR count). The van der Waals surface area contributed by atoms with Gasteiger partial charge in [-0.15, -0.1) is 0 Å². The van der Waals surface area contributed by atoms with Crippen molar-refractivity contribution in [1.82, 2.24) is 0 Å². The molecule has 17 heavy (non-hydrogen) atoms. The van der Waals surface area contributed by atoms with Crippen LogP contribution in [0.5, 0.6) is 0 Å². The van der Waals surface area contributed by atoms with Gasteiger partial charge in [-0.25, -0.2) is 4.79 Å². The van der Waals surface area contributed by atoms with Gasteiger partial charge in [0, 0.05) is 6.08 Å². The second-order valence-electron chi connectivity index (χ2n) is 4.84. The topological polar surface area (TPSA) is 37.3 Å². The van der Waals surface area contributed by atoms with Crippen molar-refractivity contribution in [2.45, 2.75) is 32.6 Å². The predicted molar refractivity (Wildman–Crippen MR) is 67.9 cm³/mol. The van der Waals surface area contributed by atoms with E-state index in [-0.39, 0.29) is 0 Å². The molecular weight excluding hydrogens is 212 g/mol. The summed E-state index contributed by atoms with van der Waals surface area (Å²) in [5.41, 5.74) is 3.69. The van der Waals surface area contributed by atoms with Crippen molar-refractivity contribution in [3.8, 4) is 0 Å². The maximum absolute atomic E-state index is 10.7. The minimum absolute atomic E-state index is 0.424. The quantitative estimate of drug-likeness (QED) is 0.808. The normalized spacial score (nSPS) is 21.9. The zero-order valence-electron chi connectivity index (χ0n) is 10.1. The Balaban J connectivity index is 2.10. The van der Waals surface area contributed by atoms with Crippen LogP contribution in [0.2, 0.25) is 0 Å². The Bertz CT molecular complexity index is 446. The van der Waals surface area contributed by atoms with E-state index in [1.165, 1.54) is 17.2 Å². The summed E-state index contributed by atoms with van der Waals surface area (Å²) >= 11 is 0. The predicted octanol–water partition coefficient (Wildman–Crippen LogP) is 3.35. The molecule has 1 aromatic carbocycles. The Morgan fingerprint density at radius 2 is 2.35 bits per heavy atom. The van der Waals surface area contributed by atoms with Gasteiger partial charge in [0.05, 0.1) is 0 Å². The van der Waals surface area contributed by atoms with E-state index >= 15 is 0 Å². The molecule has 1 aliphatic carbocycles. The van der Waals surface area contributed by atoms with Gasteiger partial charge < -0.3 is 5.11 Å². The second-order valence-corrected chi connectivity index (χ2v) is 4.84. The van der Waals surface area contributed by atoms with Gasteiger partial charge in [-0.1, -0.05) is 35.4 Å². The van der Waals surface area contributed by atoms with Gasteiger partial charge in [0.15, 0.2) is 0 Å². The van der Waals surface area contributed by atoms with Crippen LogP contribution in [0, 0.1) is 12.8 Å². The van der Waals surface area contributed by atoms with Crippen LogP contribution in [-0.2, 0) is 11.2 Å². The largest absolute Gasteiger partial charge is 0.478 e. The fourth-order valence-electron chi connectivity index (χ4n) is 2.65. The molecular formula is C15H18O2. The lowest BCUT2D eigenvalue weighted by Crippen LogP contribution is -2.04. The summed E-state index contributed by atoms with van der Waals surface area (Å²) < 4.78 is 0. The van der Waals surface area contributed by atoms with Gasteiger partial charge in [0.2, 0.25) is 0 Å². The Hall–Kier alpha value is -1.57. The molecule has 1 saturated carbocycles. The van der Waals surface area contributed by atoms with Crippen molar-refractivity contribution in [3.63, 3.8) is 0 Å². The van der Waals surface area contributed by atoms with Crippen LogP contribution >= 0.6 is 0 Å². The Labute approximate surface area is 102 Å². The van der Waals surface area contributed by atoms with Gasteiger partial charge >= 0.3 is 5.97 Å². The molecule has 0 bridgehead atoms. The Morgan fingerprint density at radius 1 is 1.53 bits per heavy atom. The van der Waals surface area contributed by atoms with E-state index in [0.29, 0.717) is 5.92 Å². The summed E-state index contributed by atoms with van der Waals surface area (Å²) in [6.07, 6.45) is 5.57. The van der Waals surface area contributed by atoms with Gasteiger partial charge in [0.1, 0.15) is 0 Å². The zero-order chi connectivity index (χ0) is 12.3. The molecule has 0 heterocycles. The van der Waals surface area contributed by atoms with Gasteiger partial charge in [-0.3, -0.25) is 0 Å². The van der Waals surface area contributed by atoms with E-state index < -0.39 is 5.97 Å². The number of allylic oxidation sites excluding steroid dienone is 1. The van der Waals surface area contributed by atoms with E-state index in [0.717, 1.165) is 31.3 Å². The van der Waals surface area contributed by atoms with Gasteiger partial charge in [0.25, 0.3) is 0 Å². The highest BCUT2D eigenvalue weighted by molar-refractivity contribution is 5.80. The molecule has 0 spiro atoms. The smallest absolute Gasteiger partial charge is 0.328 e. The average molecular weight is 230 g/mol. The Morgan fingerprint density at radius 3 is 3.06 bits per heavy atom. The molecule has 1 unspecified atom stereocenters. The fraction of sp³-hybridized carbons (Fsp3) is 0.400. The van der Waals surface area contributed by atoms with E-state index in [1.54, 1.807) is 0 Å². The first-order valence-electron chi connectivity index (χ1n) is 6.14. The molecule has 2 nitrogen and oxygen atoms in total.